The minimum absolute atomic E-state index is 0.0409. The van der Waals surface area contributed by atoms with E-state index in [1.165, 1.54) is 0 Å². The fraction of sp³-hybridized carbons (Fsp3) is 0.462. The first-order valence-electron chi connectivity index (χ1n) is 11.6. The van der Waals surface area contributed by atoms with Gasteiger partial charge in [-0.2, -0.15) is 0 Å². The third kappa shape index (κ3) is 6.63. The lowest BCUT2D eigenvalue weighted by Gasteiger charge is -2.32. The summed E-state index contributed by atoms with van der Waals surface area (Å²) in [4.78, 5) is 27.4. The predicted octanol–water partition coefficient (Wildman–Crippen LogP) is 4.91. The summed E-state index contributed by atoms with van der Waals surface area (Å²) in [6.07, 6.45) is 2.48. The minimum Gasteiger partial charge on any atom is -0.493 e. The molecule has 178 valence electrons. The zero-order valence-corrected chi connectivity index (χ0v) is 20.0. The van der Waals surface area contributed by atoms with Crippen molar-refractivity contribution in [3.63, 3.8) is 0 Å². The van der Waals surface area contributed by atoms with Gasteiger partial charge in [0.05, 0.1) is 25.7 Å². The molecule has 2 aromatic rings. The number of benzene rings is 2. The monoisotopic (exact) mass is 453 g/mol. The molecule has 0 saturated carbocycles. The molecular formula is C26H35N3O4. The molecule has 3 amide bonds. The molecule has 33 heavy (non-hydrogen) atoms. The van der Waals surface area contributed by atoms with Crippen LogP contribution in [0.4, 0.5) is 10.5 Å². The molecule has 0 radical (unpaired) electrons. The Kier molecular flexibility index (Phi) is 8.58. The van der Waals surface area contributed by atoms with Crippen LogP contribution in [0.5, 0.6) is 11.5 Å². The van der Waals surface area contributed by atoms with E-state index < -0.39 is 0 Å². The van der Waals surface area contributed by atoms with Gasteiger partial charge in [0.2, 0.25) is 5.91 Å². The molecule has 0 aliphatic carbocycles. The third-order valence-electron chi connectivity index (χ3n) is 5.86. The molecule has 1 saturated heterocycles. The summed E-state index contributed by atoms with van der Waals surface area (Å²) in [5.74, 6) is 1.07. The Hall–Kier alpha value is -3.22. The van der Waals surface area contributed by atoms with Crippen molar-refractivity contribution in [2.45, 2.75) is 46.1 Å². The molecule has 2 N–H and O–H groups in total. The van der Waals surface area contributed by atoms with Crippen molar-refractivity contribution in [3.05, 3.63) is 53.6 Å². The highest BCUT2D eigenvalue weighted by molar-refractivity contribution is 5.90. The van der Waals surface area contributed by atoms with E-state index in [0.717, 1.165) is 36.1 Å². The number of methoxy groups -OCH3 is 1. The van der Waals surface area contributed by atoms with Crippen LogP contribution in [0.25, 0.3) is 0 Å². The molecule has 3 rings (SSSR count). The SMILES string of the molecule is CCCOc1ccc(C(C)NC(=O)C2CCCN(C(=O)Nc3cccc(C)c3)C2)cc1OC. The first-order chi connectivity index (χ1) is 15.9. The van der Waals surface area contributed by atoms with Crippen LogP contribution >= 0.6 is 0 Å². The van der Waals surface area contributed by atoms with E-state index >= 15 is 0 Å². The number of amides is 3. The largest absolute Gasteiger partial charge is 0.493 e. The van der Waals surface area contributed by atoms with Crippen LogP contribution in [0.15, 0.2) is 42.5 Å². The van der Waals surface area contributed by atoms with Crippen molar-refractivity contribution in [1.29, 1.82) is 0 Å². The van der Waals surface area contributed by atoms with Crippen molar-refractivity contribution in [1.82, 2.24) is 10.2 Å². The first kappa shape index (κ1) is 24.4. The zero-order chi connectivity index (χ0) is 23.8. The van der Waals surface area contributed by atoms with Gasteiger partial charge < -0.3 is 25.0 Å². The number of carbonyl (C=O) groups is 2. The molecule has 7 heteroatoms. The summed E-state index contributed by atoms with van der Waals surface area (Å²) in [5, 5.41) is 6.04. The van der Waals surface area contributed by atoms with Crippen LogP contribution in [-0.2, 0) is 4.79 Å². The van der Waals surface area contributed by atoms with Gasteiger partial charge >= 0.3 is 6.03 Å². The van der Waals surface area contributed by atoms with Gasteiger partial charge in [-0.15, -0.1) is 0 Å². The van der Waals surface area contributed by atoms with Gasteiger partial charge in [0.15, 0.2) is 11.5 Å². The Bertz CT molecular complexity index is 962. The lowest BCUT2D eigenvalue weighted by Crippen LogP contribution is -2.47. The number of rotatable bonds is 8. The number of urea groups is 1. The van der Waals surface area contributed by atoms with Crippen molar-refractivity contribution in [2.24, 2.45) is 5.92 Å². The summed E-state index contributed by atoms with van der Waals surface area (Å²) in [6, 6.07) is 13.1. The number of nitrogens with one attached hydrogen (secondary N) is 2. The molecule has 0 bridgehead atoms. The van der Waals surface area contributed by atoms with Crippen LogP contribution in [0.3, 0.4) is 0 Å². The van der Waals surface area contributed by atoms with Crippen LogP contribution in [0, 0.1) is 12.8 Å². The van der Waals surface area contributed by atoms with Crippen LogP contribution in [-0.4, -0.2) is 43.6 Å². The van der Waals surface area contributed by atoms with E-state index in [4.69, 9.17) is 9.47 Å². The Balaban J connectivity index is 1.58. The molecule has 1 aliphatic rings. The Morgan fingerprint density at radius 1 is 1.18 bits per heavy atom. The Labute approximate surface area is 196 Å². The summed E-state index contributed by atoms with van der Waals surface area (Å²) >= 11 is 0. The average Bonchev–Trinajstić information content (AvgIpc) is 2.82. The van der Waals surface area contributed by atoms with E-state index in [9.17, 15) is 9.59 Å². The highest BCUT2D eigenvalue weighted by Crippen LogP contribution is 2.31. The zero-order valence-electron chi connectivity index (χ0n) is 20.0. The number of hydrogen-bond acceptors (Lipinski definition) is 4. The second-order valence-corrected chi connectivity index (χ2v) is 8.57. The first-order valence-corrected chi connectivity index (χ1v) is 11.6. The fourth-order valence-electron chi connectivity index (χ4n) is 4.00. The average molecular weight is 454 g/mol. The van der Waals surface area contributed by atoms with Gasteiger partial charge in [-0.05, 0) is 68.5 Å². The topological polar surface area (TPSA) is 79.9 Å². The van der Waals surface area contributed by atoms with E-state index in [0.29, 0.717) is 31.2 Å². The molecule has 1 aliphatic heterocycles. The number of piperidine rings is 1. The van der Waals surface area contributed by atoms with Crippen molar-refractivity contribution in [3.8, 4) is 11.5 Å². The second kappa shape index (κ2) is 11.6. The number of ether oxygens (including phenoxy) is 2. The lowest BCUT2D eigenvalue weighted by molar-refractivity contribution is -0.126. The Morgan fingerprint density at radius 2 is 2.00 bits per heavy atom. The predicted molar refractivity (Wildman–Crippen MR) is 130 cm³/mol. The van der Waals surface area contributed by atoms with Crippen LogP contribution < -0.4 is 20.1 Å². The van der Waals surface area contributed by atoms with E-state index in [1.807, 2.05) is 56.3 Å². The van der Waals surface area contributed by atoms with Gasteiger partial charge in [0.1, 0.15) is 0 Å². The number of anilines is 1. The van der Waals surface area contributed by atoms with Gasteiger partial charge in [0.25, 0.3) is 0 Å². The van der Waals surface area contributed by atoms with E-state index in [-0.39, 0.29) is 23.9 Å². The normalized spacial score (nSPS) is 16.6. The summed E-state index contributed by atoms with van der Waals surface area (Å²) in [5.41, 5.74) is 2.79. The molecule has 2 unspecified atom stereocenters. The molecule has 2 aromatic carbocycles. The van der Waals surface area contributed by atoms with Gasteiger partial charge in [-0.1, -0.05) is 25.1 Å². The highest BCUT2D eigenvalue weighted by atomic mass is 16.5. The third-order valence-corrected chi connectivity index (χ3v) is 5.86. The lowest BCUT2D eigenvalue weighted by atomic mass is 9.96. The summed E-state index contributed by atoms with van der Waals surface area (Å²) in [7, 11) is 1.61. The van der Waals surface area contributed by atoms with Crippen molar-refractivity contribution >= 4 is 17.6 Å². The smallest absolute Gasteiger partial charge is 0.321 e. The molecule has 0 aromatic heterocycles. The molecule has 2 atom stereocenters. The van der Waals surface area contributed by atoms with Gasteiger partial charge in [0, 0.05) is 18.8 Å². The molecule has 1 heterocycles. The van der Waals surface area contributed by atoms with Crippen molar-refractivity contribution in [2.75, 3.05) is 32.1 Å². The van der Waals surface area contributed by atoms with Crippen molar-refractivity contribution < 1.29 is 19.1 Å². The van der Waals surface area contributed by atoms with Gasteiger partial charge in [-0.25, -0.2) is 4.79 Å². The molecule has 7 nitrogen and oxygen atoms in total. The number of hydrogen-bond donors (Lipinski definition) is 2. The maximum atomic E-state index is 13.0. The highest BCUT2D eigenvalue weighted by Gasteiger charge is 2.29. The maximum absolute atomic E-state index is 13.0. The molecular weight excluding hydrogens is 418 g/mol. The number of nitrogens with zero attached hydrogens (tertiary/aromatic N) is 1. The fourth-order valence-corrected chi connectivity index (χ4v) is 4.00. The minimum atomic E-state index is -0.237. The van der Waals surface area contributed by atoms with Crippen LogP contribution in [0.1, 0.15) is 50.3 Å². The maximum Gasteiger partial charge on any atom is 0.321 e. The summed E-state index contributed by atoms with van der Waals surface area (Å²) in [6.45, 7) is 7.66. The molecule has 1 fully saturated rings. The van der Waals surface area contributed by atoms with E-state index in [1.54, 1.807) is 12.0 Å². The quantitative estimate of drug-likeness (QED) is 0.595. The van der Waals surface area contributed by atoms with Crippen LogP contribution in [0.2, 0.25) is 0 Å². The number of aryl methyl sites for hydroxylation is 1. The second-order valence-electron chi connectivity index (χ2n) is 8.57. The number of likely N-dealkylation sites (tertiary alicyclic amines) is 1. The summed E-state index contributed by atoms with van der Waals surface area (Å²) < 4.78 is 11.2. The Morgan fingerprint density at radius 3 is 2.73 bits per heavy atom. The molecule has 0 spiro atoms. The van der Waals surface area contributed by atoms with Gasteiger partial charge in [-0.3, -0.25) is 4.79 Å². The number of carbonyl (C=O) groups excluding carboxylic acids is 2. The van der Waals surface area contributed by atoms with E-state index in [2.05, 4.69) is 17.6 Å². The standard InChI is InChI=1S/C26H35N3O4/c1-5-14-33-23-12-11-20(16-24(23)32-4)19(3)27-25(30)21-9-7-13-29(17-21)26(31)28-22-10-6-8-18(2)15-22/h6,8,10-12,15-16,19,21H,5,7,9,13-14,17H2,1-4H3,(H,27,30)(H,28,31).